The molecule has 0 saturated carbocycles. The Morgan fingerprint density at radius 2 is 1.88 bits per heavy atom. The highest BCUT2D eigenvalue weighted by Crippen LogP contribution is 2.39. The lowest BCUT2D eigenvalue weighted by Gasteiger charge is -2.40. The van der Waals surface area contributed by atoms with Crippen molar-refractivity contribution >= 4 is 21.7 Å². The predicted molar refractivity (Wildman–Crippen MR) is 128 cm³/mol. The first kappa shape index (κ1) is 24.4. The third-order valence-electron chi connectivity index (χ3n) is 7.57. The van der Waals surface area contributed by atoms with Crippen molar-refractivity contribution in [2.45, 2.75) is 101 Å². The van der Waals surface area contributed by atoms with Crippen molar-refractivity contribution in [1.82, 2.24) is 14.2 Å². The fraction of sp³-hybridized carbons (Fsp3) is 0.750. The topological polar surface area (TPSA) is 83.1 Å². The van der Waals surface area contributed by atoms with Crippen LogP contribution >= 0.6 is 0 Å². The number of piperidine rings is 1. The van der Waals surface area contributed by atoms with E-state index in [9.17, 15) is 13.2 Å². The summed E-state index contributed by atoms with van der Waals surface area (Å²) in [4.78, 5) is 22.6. The van der Waals surface area contributed by atoms with Crippen LogP contribution in [0.1, 0.15) is 65.0 Å². The van der Waals surface area contributed by atoms with Crippen molar-refractivity contribution in [1.29, 1.82) is 0 Å². The summed E-state index contributed by atoms with van der Waals surface area (Å²) < 4.78 is 34.9. The maximum Gasteiger partial charge on any atom is 0.247 e. The van der Waals surface area contributed by atoms with Gasteiger partial charge in [0.25, 0.3) is 0 Å². The van der Waals surface area contributed by atoms with E-state index in [4.69, 9.17) is 4.74 Å². The Balaban J connectivity index is 1.65. The van der Waals surface area contributed by atoms with Gasteiger partial charge < -0.3 is 14.5 Å². The number of pyridine rings is 1. The molecule has 0 N–H and O–H groups in total. The smallest absolute Gasteiger partial charge is 0.247 e. The zero-order chi connectivity index (χ0) is 23.9. The van der Waals surface area contributed by atoms with E-state index in [2.05, 4.69) is 4.98 Å². The van der Waals surface area contributed by atoms with Crippen molar-refractivity contribution in [2.75, 3.05) is 25.1 Å². The van der Waals surface area contributed by atoms with E-state index in [0.29, 0.717) is 31.7 Å². The summed E-state index contributed by atoms with van der Waals surface area (Å²) in [5, 5.41) is 0. The minimum Gasteiger partial charge on any atom is -0.381 e. The van der Waals surface area contributed by atoms with Gasteiger partial charge in [-0.25, -0.2) is 13.4 Å². The number of fused-ring (bicyclic) bond motifs is 2. The average molecular weight is 479 g/mol. The number of aromatic nitrogens is 1. The van der Waals surface area contributed by atoms with Gasteiger partial charge in [0.15, 0.2) is 0 Å². The second kappa shape index (κ2) is 9.50. The van der Waals surface area contributed by atoms with E-state index in [1.165, 1.54) is 4.31 Å². The van der Waals surface area contributed by atoms with Gasteiger partial charge in [-0.3, -0.25) is 4.79 Å². The third kappa shape index (κ3) is 4.39. The molecule has 3 aliphatic rings. The van der Waals surface area contributed by atoms with Crippen LogP contribution in [0.15, 0.2) is 17.0 Å². The molecule has 4 heterocycles. The molecule has 184 valence electrons. The van der Waals surface area contributed by atoms with E-state index in [1.54, 1.807) is 19.2 Å². The first-order chi connectivity index (χ1) is 15.7. The summed E-state index contributed by atoms with van der Waals surface area (Å²) in [6.45, 7) is 8.95. The van der Waals surface area contributed by atoms with Crippen LogP contribution in [0.5, 0.6) is 0 Å². The lowest BCUT2D eigenvalue weighted by molar-refractivity contribution is -0.141. The maximum atomic E-state index is 14.0. The van der Waals surface area contributed by atoms with Crippen LogP contribution in [-0.4, -0.2) is 79.0 Å². The summed E-state index contributed by atoms with van der Waals surface area (Å²) >= 11 is 0. The average Bonchev–Trinajstić information content (AvgIpc) is 3.37. The molecule has 1 aromatic rings. The van der Waals surface area contributed by atoms with Gasteiger partial charge in [-0.1, -0.05) is 0 Å². The molecule has 1 amide bonds. The van der Waals surface area contributed by atoms with E-state index < -0.39 is 16.1 Å². The molecular formula is C24H38N4O4S. The number of ether oxygens (including phenoxy) is 1. The van der Waals surface area contributed by atoms with Crippen LogP contribution in [-0.2, 0) is 19.6 Å². The number of rotatable bonds is 7. The number of methoxy groups -OCH3 is 1. The fourth-order valence-corrected chi connectivity index (χ4v) is 7.74. The van der Waals surface area contributed by atoms with Gasteiger partial charge in [0.05, 0.1) is 6.10 Å². The van der Waals surface area contributed by atoms with Gasteiger partial charge >= 0.3 is 0 Å². The first-order valence-corrected chi connectivity index (χ1v) is 13.7. The zero-order valence-electron chi connectivity index (χ0n) is 20.5. The number of carbonyl (C=O) groups is 1. The largest absolute Gasteiger partial charge is 0.381 e. The number of hydrogen-bond donors (Lipinski definition) is 0. The number of amides is 1. The van der Waals surface area contributed by atoms with Crippen molar-refractivity contribution in [3.63, 3.8) is 0 Å². The van der Waals surface area contributed by atoms with Crippen molar-refractivity contribution in [3.8, 4) is 0 Å². The Bertz CT molecular complexity index is 969. The van der Waals surface area contributed by atoms with Gasteiger partial charge in [0.2, 0.25) is 15.9 Å². The predicted octanol–water partition coefficient (Wildman–Crippen LogP) is 2.95. The van der Waals surface area contributed by atoms with Gasteiger partial charge in [0.1, 0.15) is 16.8 Å². The Hall–Kier alpha value is -1.71. The standard InChI is InChI=1S/C24H38N4O4S/c1-6-26(16(2)3)23-22(12-9-17(4)25-23)33(30,31)27-13-7-8-21(27)24(29)28-18-10-11-19(28)15-20(14-18)32-5/h9,12,16,18-21H,6-8,10-11,13-15H2,1-5H3/t18-,19+,20?,21-/m0/s1. The van der Waals surface area contributed by atoms with Crippen molar-refractivity contribution < 1.29 is 17.9 Å². The lowest BCUT2D eigenvalue weighted by atomic mass is 9.98. The number of nitrogens with zero attached hydrogens (tertiary/aromatic N) is 4. The molecule has 8 nitrogen and oxygen atoms in total. The summed E-state index contributed by atoms with van der Waals surface area (Å²) in [6.07, 6.45) is 5.07. The molecule has 9 heteroatoms. The molecule has 3 saturated heterocycles. The zero-order valence-corrected chi connectivity index (χ0v) is 21.3. The molecule has 0 aromatic carbocycles. The summed E-state index contributed by atoms with van der Waals surface area (Å²) in [6, 6.07) is 3.17. The van der Waals surface area contributed by atoms with E-state index in [0.717, 1.165) is 31.4 Å². The Morgan fingerprint density at radius 1 is 1.21 bits per heavy atom. The van der Waals surface area contributed by atoms with Crippen LogP contribution in [0.4, 0.5) is 5.82 Å². The Labute approximate surface area is 198 Å². The second-order valence-corrected chi connectivity index (χ2v) is 11.7. The number of anilines is 1. The van der Waals surface area contributed by atoms with E-state index >= 15 is 0 Å². The fourth-order valence-electron chi connectivity index (χ4n) is 5.95. The molecular weight excluding hydrogens is 440 g/mol. The van der Waals surface area contributed by atoms with E-state index in [-0.39, 0.29) is 35.0 Å². The minimum absolute atomic E-state index is 0.0315. The van der Waals surface area contributed by atoms with Crippen LogP contribution in [0.3, 0.4) is 0 Å². The maximum absolute atomic E-state index is 14.0. The van der Waals surface area contributed by atoms with Crippen LogP contribution in [0.2, 0.25) is 0 Å². The van der Waals surface area contributed by atoms with Gasteiger partial charge in [0, 0.05) is 44.0 Å². The van der Waals surface area contributed by atoms with Crippen molar-refractivity contribution in [2.24, 2.45) is 0 Å². The summed E-state index contributed by atoms with van der Waals surface area (Å²) in [5.41, 5.74) is 0.773. The quantitative estimate of drug-likeness (QED) is 0.599. The lowest BCUT2D eigenvalue weighted by Crippen LogP contribution is -2.55. The molecule has 33 heavy (non-hydrogen) atoms. The number of hydrogen-bond acceptors (Lipinski definition) is 6. The number of sulfonamides is 1. The third-order valence-corrected chi connectivity index (χ3v) is 9.50. The number of aryl methyl sites for hydroxylation is 1. The first-order valence-electron chi connectivity index (χ1n) is 12.3. The molecule has 4 atom stereocenters. The minimum atomic E-state index is -3.88. The van der Waals surface area contributed by atoms with Crippen LogP contribution in [0, 0.1) is 6.92 Å². The molecule has 0 spiro atoms. The molecule has 3 aliphatic heterocycles. The normalized spacial score (nSPS) is 28.0. The molecule has 1 aromatic heterocycles. The second-order valence-electron chi connectivity index (χ2n) is 9.89. The van der Waals surface area contributed by atoms with E-state index in [1.807, 2.05) is 37.5 Å². The Morgan fingerprint density at radius 3 is 2.45 bits per heavy atom. The molecule has 0 radical (unpaired) electrons. The summed E-state index contributed by atoms with van der Waals surface area (Å²) in [5.74, 6) is 0.447. The monoisotopic (exact) mass is 478 g/mol. The van der Waals surface area contributed by atoms with Gasteiger partial charge in [-0.05, 0) is 78.4 Å². The summed E-state index contributed by atoms with van der Waals surface area (Å²) in [7, 11) is -2.15. The molecule has 0 aliphatic carbocycles. The van der Waals surface area contributed by atoms with Crippen LogP contribution < -0.4 is 4.90 Å². The SMILES string of the molecule is CCN(c1nc(C)ccc1S(=O)(=O)N1CCC[C@H]1C(=O)N1[C@@H]2CC[C@H]1CC(OC)C2)C(C)C. The molecule has 2 bridgehead atoms. The highest BCUT2D eigenvalue weighted by Gasteiger charge is 2.49. The van der Waals surface area contributed by atoms with Crippen LogP contribution in [0.25, 0.3) is 0 Å². The highest BCUT2D eigenvalue weighted by atomic mass is 32.2. The van der Waals surface area contributed by atoms with Gasteiger partial charge in [-0.2, -0.15) is 4.31 Å². The van der Waals surface area contributed by atoms with Gasteiger partial charge in [-0.15, -0.1) is 0 Å². The highest BCUT2D eigenvalue weighted by molar-refractivity contribution is 7.89. The molecule has 4 rings (SSSR count). The van der Waals surface area contributed by atoms with Crippen molar-refractivity contribution in [3.05, 3.63) is 17.8 Å². The molecule has 1 unspecified atom stereocenters. The molecule has 3 fully saturated rings. The number of carbonyl (C=O) groups excluding carboxylic acids is 1. The Kier molecular flexibility index (Phi) is 7.03.